The summed E-state index contributed by atoms with van der Waals surface area (Å²) in [5.74, 6) is 0.859. The average Bonchev–Trinajstić information content (AvgIpc) is 2.78. The van der Waals surface area contributed by atoms with Gasteiger partial charge in [-0.1, -0.05) is 6.42 Å². The molecule has 1 aromatic rings. The third-order valence-corrected chi connectivity index (χ3v) is 3.19. The number of hydrogen-bond donors (Lipinski definition) is 2. The first-order valence-corrected chi connectivity index (χ1v) is 6.14. The van der Waals surface area contributed by atoms with Gasteiger partial charge in [0.15, 0.2) is 0 Å². The van der Waals surface area contributed by atoms with Crippen LogP contribution in [0.1, 0.15) is 43.8 Å². The molecule has 4 nitrogen and oxygen atoms in total. The van der Waals surface area contributed by atoms with E-state index < -0.39 is 0 Å². The van der Waals surface area contributed by atoms with Gasteiger partial charge in [0.2, 0.25) is 5.89 Å². The zero-order valence-electron chi connectivity index (χ0n) is 10.1. The molecule has 0 amide bonds. The first-order valence-electron chi connectivity index (χ1n) is 6.14. The van der Waals surface area contributed by atoms with Crippen LogP contribution >= 0.6 is 0 Å². The van der Waals surface area contributed by atoms with Crippen molar-refractivity contribution in [3.8, 4) is 0 Å². The molecule has 1 aromatic heterocycles. The second-order valence-corrected chi connectivity index (χ2v) is 4.57. The normalized spacial score (nSPS) is 23.2. The van der Waals surface area contributed by atoms with Gasteiger partial charge < -0.3 is 15.1 Å². The molecule has 2 heterocycles. The summed E-state index contributed by atoms with van der Waals surface area (Å²) >= 11 is 0. The third kappa shape index (κ3) is 2.83. The van der Waals surface area contributed by atoms with Crippen molar-refractivity contribution in [1.82, 2.24) is 15.6 Å². The quantitative estimate of drug-likeness (QED) is 0.814. The molecule has 16 heavy (non-hydrogen) atoms. The standard InChI is InChI=1S/C12H21N3O/c1-9(13-2)7-10-8-16-12(15-10)11-5-3-4-6-14-11/h8-9,11,13-14H,3-7H2,1-2H3. The Morgan fingerprint density at radius 1 is 1.62 bits per heavy atom. The molecule has 0 bridgehead atoms. The van der Waals surface area contributed by atoms with Gasteiger partial charge in [-0.05, 0) is 33.4 Å². The zero-order valence-corrected chi connectivity index (χ0v) is 10.1. The highest BCUT2D eigenvalue weighted by Gasteiger charge is 2.19. The highest BCUT2D eigenvalue weighted by atomic mass is 16.3. The Kier molecular flexibility index (Phi) is 3.96. The molecule has 1 fully saturated rings. The van der Waals surface area contributed by atoms with E-state index in [-0.39, 0.29) is 0 Å². The maximum Gasteiger partial charge on any atom is 0.211 e. The summed E-state index contributed by atoms with van der Waals surface area (Å²) in [5.41, 5.74) is 1.05. The van der Waals surface area contributed by atoms with Crippen LogP contribution in [0.15, 0.2) is 10.7 Å². The topological polar surface area (TPSA) is 50.1 Å². The summed E-state index contributed by atoms with van der Waals surface area (Å²) in [5, 5.41) is 6.65. The monoisotopic (exact) mass is 223 g/mol. The minimum atomic E-state index is 0.326. The van der Waals surface area contributed by atoms with E-state index in [0.717, 1.165) is 31.0 Å². The van der Waals surface area contributed by atoms with Gasteiger partial charge in [-0.3, -0.25) is 0 Å². The molecule has 0 aromatic carbocycles. The lowest BCUT2D eigenvalue weighted by Crippen LogP contribution is -2.27. The van der Waals surface area contributed by atoms with Crippen molar-refractivity contribution >= 4 is 0 Å². The zero-order chi connectivity index (χ0) is 11.4. The lowest BCUT2D eigenvalue weighted by Gasteiger charge is -2.20. The number of nitrogens with zero attached hydrogens (tertiary/aromatic N) is 1. The van der Waals surface area contributed by atoms with Gasteiger partial charge in [0.1, 0.15) is 6.26 Å². The van der Waals surface area contributed by atoms with Crippen LogP contribution < -0.4 is 10.6 Å². The summed E-state index contributed by atoms with van der Waals surface area (Å²) in [6.45, 7) is 3.22. The van der Waals surface area contributed by atoms with Gasteiger partial charge in [0, 0.05) is 12.5 Å². The number of piperidine rings is 1. The van der Waals surface area contributed by atoms with Gasteiger partial charge in [-0.2, -0.15) is 0 Å². The fourth-order valence-corrected chi connectivity index (χ4v) is 2.05. The van der Waals surface area contributed by atoms with E-state index in [1.165, 1.54) is 12.8 Å². The molecule has 90 valence electrons. The molecule has 2 N–H and O–H groups in total. The van der Waals surface area contributed by atoms with Crippen molar-refractivity contribution in [3.05, 3.63) is 17.8 Å². The van der Waals surface area contributed by atoms with E-state index in [0.29, 0.717) is 12.1 Å². The maximum absolute atomic E-state index is 5.55. The molecule has 1 saturated heterocycles. The van der Waals surface area contributed by atoms with Crippen molar-refractivity contribution in [2.24, 2.45) is 0 Å². The lowest BCUT2D eigenvalue weighted by atomic mass is 10.1. The third-order valence-electron chi connectivity index (χ3n) is 3.19. The number of nitrogens with one attached hydrogen (secondary N) is 2. The molecule has 0 spiro atoms. The molecular weight excluding hydrogens is 202 g/mol. The van der Waals surface area contributed by atoms with Gasteiger partial charge >= 0.3 is 0 Å². The van der Waals surface area contributed by atoms with E-state index in [4.69, 9.17) is 4.42 Å². The first kappa shape index (κ1) is 11.6. The summed E-state index contributed by atoms with van der Waals surface area (Å²) in [7, 11) is 1.97. The summed E-state index contributed by atoms with van der Waals surface area (Å²) in [4.78, 5) is 4.55. The van der Waals surface area contributed by atoms with Gasteiger partial charge in [0.05, 0.1) is 11.7 Å². The Morgan fingerprint density at radius 2 is 2.50 bits per heavy atom. The second kappa shape index (κ2) is 5.46. The van der Waals surface area contributed by atoms with Crippen LogP contribution in [0.3, 0.4) is 0 Å². The molecule has 1 aliphatic heterocycles. The van der Waals surface area contributed by atoms with Crippen LogP contribution in [0, 0.1) is 0 Å². The summed E-state index contributed by atoms with van der Waals surface area (Å²) in [6, 6.07) is 0.768. The van der Waals surface area contributed by atoms with E-state index in [2.05, 4.69) is 22.5 Å². The smallest absolute Gasteiger partial charge is 0.211 e. The van der Waals surface area contributed by atoms with Crippen molar-refractivity contribution in [1.29, 1.82) is 0 Å². The highest BCUT2D eigenvalue weighted by molar-refractivity contribution is 5.02. The fraction of sp³-hybridized carbons (Fsp3) is 0.750. The van der Waals surface area contributed by atoms with Crippen LogP contribution in [-0.4, -0.2) is 24.6 Å². The molecule has 1 aliphatic rings. The lowest BCUT2D eigenvalue weighted by molar-refractivity contribution is 0.338. The van der Waals surface area contributed by atoms with Gasteiger partial charge in [-0.25, -0.2) is 4.98 Å². The Hall–Kier alpha value is -0.870. The first-order chi connectivity index (χ1) is 7.79. The van der Waals surface area contributed by atoms with Crippen LogP contribution in [0.4, 0.5) is 0 Å². The molecular formula is C12H21N3O. The molecule has 0 aliphatic carbocycles. The van der Waals surface area contributed by atoms with Crippen LogP contribution in [0.5, 0.6) is 0 Å². The predicted molar refractivity (Wildman–Crippen MR) is 63.3 cm³/mol. The Morgan fingerprint density at radius 3 is 3.19 bits per heavy atom. The largest absolute Gasteiger partial charge is 0.447 e. The minimum Gasteiger partial charge on any atom is -0.447 e. The van der Waals surface area contributed by atoms with Crippen LogP contribution in [0.2, 0.25) is 0 Å². The van der Waals surface area contributed by atoms with Crippen LogP contribution in [0.25, 0.3) is 0 Å². The molecule has 2 atom stereocenters. The van der Waals surface area contributed by atoms with Crippen molar-refractivity contribution < 1.29 is 4.42 Å². The summed E-state index contributed by atoms with van der Waals surface area (Å²) in [6.07, 6.45) is 6.39. The molecule has 2 unspecified atom stereocenters. The van der Waals surface area contributed by atoms with E-state index >= 15 is 0 Å². The minimum absolute atomic E-state index is 0.326. The maximum atomic E-state index is 5.55. The Bertz CT molecular complexity index is 318. The SMILES string of the molecule is CNC(C)Cc1coc(C2CCCCN2)n1. The average molecular weight is 223 g/mol. The van der Waals surface area contributed by atoms with Gasteiger partial charge in [0.25, 0.3) is 0 Å². The van der Waals surface area contributed by atoms with E-state index in [1.807, 2.05) is 7.05 Å². The summed E-state index contributed by atoms with van der Waals surface area (Å²) < 4.78 is 5.55. The van der Waals surface area contributed by atoms with Crippen molar-refractivity contribution in [2.45, 2.75) is 44.7 Å². The molecule has 0 saturated carbocycles. The Labute approximate surface area is 96.8 Å². The van der Waals surface area contributed by atoms with Crippen molar-refractivity contribution in [3.63, 3.8) is 0 Å². The number of rotatable bonds is 4. The predicted octanol–water partition coefficient (Wildman–Crippen LogP) is 1.64. The second-order valence-electron chi connectivity index (χ2n) is 4.57. The van der Waals surface area contributed by atoms with Crippen molar-refractivity contribution in [2.75, 3.05) is 13.6 Å². The van der Waals surface area contributed by atoms with E-state index in [9.17, 15) is 0 Å². The molecule has 0 radical (unpaired) electrons. The molecule has 4 heteroatoms. The fourth-order valence-electron chi connectivity index (χ4n) is 2.05. The number of hydrogen-bond acceptors (Lipinski definition) is 4. The molecule has 2 rings (SSSR count). The van der Waals surface area contributed by atoms with Crippen LogP contribution in [-0.2, 0) is 6.42 Å². The number of oxazole rings is 1. The number of likely N-dealkylation sites (N-methyl/N-ethyl adjacent to an activating group) is 1. The van der Waals surface area contributed by atoms with E-state index in [1.54, 1.807) is 6.26 Å². The number of aromatic nitrogens is 1. The Balaban J connectivity index is 1.95. The highest BCUT2D eigenvalue weighted by Crippen LogP contribution is 2.22. The van der Waals surface area contributed by atoms with Gasteiger partial charge in [-0.15, -0.1) is 0 Å².